The molecule has 18 heavy (non-hydrogen) atoms. The number of aliphatic hydroxyl groups is 1. The molecule has 0 unspecified atom stereocenters. The molecule has 0 saturated carbocycles. The Morgan fingerprint density at radius 2 is 1.94 bits per heavy atom. The normalized spacial score (nSPS) is 11.9. The molecule has 0 spiro atoms. The molecule has 1 N–H and O–H groups in total. The summed E-state index contributed by atoms with van der Waals surface area (Å²) in [6.07, 6.45) is 0.935. The third-order valence-corrected chi connectivity index (χ3v) is 3.10. The first-order chi connectivity index (χ1) is 8.38. The number of rotatable bonds is 5. The van der Waals surface area contributed by atoms with E-state index >= 15 is 0 Å². The zero-order valence-corrected chi connectivity index (χ0v) is 12.2. The van der Waals surface area contributed by atoms with Crippen molar-refractivity contribution in [1.82, 2.24) is 4.90 Å². The lowest BCUT2D eigenvalue weighted by atomic mass is 9.85. The van der Waals surface area contributed by atoms with Crippen LogP contribution in [0, 0.1) is 0 Å². The van der Waals surface area contributed by atoms with E-state index in [9.17, 15) is 0 Å². The fourth-order valence-electron chi connectivity index (χ4n) is 1.89. The van der Waals surface area contributed by atoms with E-state index in [4.69, 9.17) is 9.84 Å². The molecule has 0 aliphatic carbocycles. The molecular weight excluding hydrogens is 226 g/mol. The molecule has 0 aromatic heterocycles. The van der Waals surface area contributed by atoms with Crippen LogP contribution >= 0.6 is 0 Å². The van der Waals surface area contributed by atoms with Gasteiger partial charge in [0.15, 0.2) is 0 Å². The van der Waals surface area contributed by atoms with E-state index in [0.717, 1.165) is 18.7 Å². The maximum Gasteiger partial charge on any atom is 0.122 e. The highest BCUT2D eigenvalue weighted by Crippen LogP contribution is 2.32. The summed E-state index contributed by atoms with van der Waals surface area (Å²) in [5.41, 5.74) is 2.58. The predicted molar refractivity (Wildman–Crippen MR) is 75.1 cm³/mol. The first-order valence-corrected chi connectivity index (χ1v) is 6.35. The van der Waals surface area contributed by atoms with Crippen LogP contribution in [0.3, 0.4) is 0 Å². The SMILES string of the molecule is COc1ccc(CCN(C)CO)cc1C(C)(C)C. The maximum absolute atomic E-state index is 8.98. The number of methoxy groups -OCH3 is 1. The summed E-state index contributed by atoms with van der Waals surface area (Å²) < 4.78 is 5.42. The summed E-state index contributed by atoms with van der Waals surface area (Å²) in [6, 6.07) is 6.35. The van der Waals surface area contributed by atoms with Gasteiger partial charge in [0.2, 0.25) is 0 Å². The fraction of sp³-hybridized carbons (Fsp3) is 0.600. The highest BCUT2D eigenvalue weighted by Gasteiger charge is 2.19. The lowest BCUT2D eigenvalue weighted by Crippen LogP contribution is -2.22. The fourth-order valence-corrected chi connectivity index (χ4v) is 1.89. The monoisotopic (exact) mass is 251 g/mol. The van der Waals surface area contributed by atoms with Gasteiger partial charge in [-0.1, -0.05) is 32.9 Å². The number of ether oxygens (including phenoxy) is 1. The third-order valence-electron chi connectivity index (χ3n) is 3.10. The van der Waals surface area contributed by atoms with Crippen molar-refractivity contribution in [3.05, 3.63) is 29.3 Å². The zero-order chi connectivity index (χ0) is 13.8. The second-order valence-corrected chi connectivity index (χ2v) is 5.76. The van der Waals surface area contributed by atoms with Gasteiger partial charge in [-0.15, -0.1) is 0 Å². The molecule has 1 aromatic carbocycles. The van der Waals surface area contributed by atoms with Crippen molar-refractivity contribution in [2.75, 3.05) is 27.4 Å². The van der Waals surface area contributed by atoms with Crippen LogP contribution in [-0.4, -0.2) is 37.4 Å². The van der Waals surface area contributed by atoms with Crippen molar-refractivity contribution >= 4 is 0 Å². The quantitative estimate of drug-likeness (QED) is 0.816. The Hall–Kier alpha value is -1.06. The minimum absolute atomic E-state index is 0.0736. The molecule has 0 heterocycles. The summed E-state index contributed by atoms with van der Waals surface area (Å²) in [4.78, 5) is 1.89. The van der Waals surface area contributed by atoms with Gasteiger partial charge in [-0.25, -0.2) is 0 Å². The van der Waals surface area contributed by atoms with Crippen molar-refractivity contribution in [2.24, 2.45) is 0 Å². The minimum Gasteiger partial charge on any atom is -0.496 e. The summed E-state index contributed by atoms with van der Waals surface area (Å²) in [5.74, 6) is 0.946. The Kier molecular flexibility index (Phi) is 5.17. The van der Waals surface area contributed by atoms with Gasteiger partial charge in [-0.3, -0.25) is 4.90 Å². The molecule has 0 radical (unpaired) electrons. The molecule has 0 atom stereocenters. The molecule has 0 fully saturated rings. The van der Waals surface area contributed by atoms with Crippen LogP contribution in [0.2, 0.25) is 0 Å². The van der Waals surface area contributed by atoms with Crippen molar-refractivity contribution in [3.8, 4) is 5.75 Å². The Labute approximate surface area is 110 Å². The Bertz CT molecular complexity index is 383. The highest BCUT2D eigenvalue weighted by atomic mass is 16.5. The molecule has 1 rings (SSSR count). The van der Waals surface area contributed by atoms with Gasteiger partial charge >= 0.3 is 0 Å². The van der Waals surface area contributed by atoms with Crippen LogP contribution in [0.4, 0.5) is 0 Å². The van der Waals surface area contributed by atoms with Crippen molar-refractivity contribution in [3.63, 3.8) is 0 Å². The van der Waals surface area contributed by atoms with Crippen LogP contribution in [0.1, 0.15) is 31.9 Å². The van der Waals surface area contributed by atoms with Gasteiger partial charge in [-0.05, 0) is 36.1 Å². The van der Waals surface area contributed by atoms with Crippen molar-refractivity contribution < 1.29 is 9.84 Å². The van der Waals surface area contributed by atoms with E-state index in [-0.39, 0.29) is 12.1 Å². The van der Waals surface area contributed by atoms with Crippen molar-refractivity contribution in [2.45, 2.75) is 32.6 Å². The van der Waals surface area contributed by atoms with E-state index in [1.165, 1.54) is 11.1 Å². The van der Waals surface area contributed by atoms with Crippen LogP contribution < -0.4 is 4.74 Å². The van der Waals surface area contributed by atoms with Crippen molar-refractivity contribution in [1.29, 1.82) is 0 Å². The van der Waals surface area contributed by atoms with Gasteiger partial charge in [-0.2, -0.15) is 0 Å². The number of benzene rings is 1. The molecule has 0 aliphatic rings. The number of aliphatic hydroxyl groups excluding tert-OH is 1. The molecule has 3 nitrogen and oxygen atoms in total. The topological polar surface area (TPSA) is 32.7 Å². The molecule has 0 aliphatic heterocycles. The molecule has 0 amide bonds. The van der Waals surface area contributed by atoms with Gasteiger partial charge in [0.1, 0.15) is 5.75 Å². The standard InChI is InChI=1S/C15H25NO2/c1-15(2,3)13-10-12(6-7-14(13)18-5)8-9-16(4)11-17/h6-7,10,17H,8-9,11H2,1-5H3. The Morgan fingerprint density at radius 3 is 2.44 bits per heavy atom. The predicted octanol–water partition coefficient (Wildman–Crippen LogP) is 2.42. The van der Waals surface area contributed by atoms with Gasteiger partial charge < -0.3 is 9.84 Å². The Balaban J connectivity index is 2.90. The van der Waals surface area contributed by atoms with Crippen LogP contribution in [0.25, 0.3) is 0 Å². The lowest BCUT2D eigenvalue weighted by Gasteiger charge is -2.23. The average Bonchev–Trinajstić information content (AvgIpc) is 2.34. The smallest absolute Gasteiger partial charge is 0.122 e. The second-order valence-electron chi connectivity index (χ2n) is 5.76. The van der Waals surface area contributed by atoms with E-state index in [0.29, 0.717) is 0 Å². The van der Waals surface area contributed by atoms with E-state index in [1.807, 2.05) is 18.0 Å². The molecule has 102 valence electrons. The lowest BCUT2D eigenvalue weighted by molar-refractivity contribution is 0.134. The maximum atomic E-state index is 8.98. The number of likely N-dealkylation sites (N-methyl/N-ethyl adjacent to an activating group) is 1. The third kappa shape index (κ3) is 4.00. The molecule has 1 aromatic rings. The second kappa shape index (κ2) is 6.21. The van der Waals surface area contributed by atoms with Gasteiger partial charge in [0.05, 0.1) is 13.8 Å². The first kappa shape index (κ1) is 15.0. The summed E-state index contributed by atoms with van der Waals surface area (Å²) in [7, 11) is 3.62. The van der Waals surface area contributed by atoms with Crippen LogP contribution in [0.5, 0.6) is 5.75 Å². The summed E-state index contributed by atoms with van der Waals surface area (Å²) in [5, 5.41) is 8.98. The number of hydrogen-bond donors (Lipinski definition) is 1. The molecule has 3 heteroatoms. The largest absolute Gasteiger partial charge is 0.496 e. The highest BCUT2D eigenvalue weighted by molar-refractivity contribution is 5.41. The van der Waals surface area contributed by atoms with E-state index < -0.39 is 0 Å². The Morgan fingerprint density at radius 1 is 1.28 bits per heavy atom. The summed E-state index contributed by atoms with van der Waals surface area (Å²) in [6.45, 7) is 7.52. The first-order valence-electron chi connectivity index (χ1n) is 6.35. The van der Waals surface area contributed by atoms with Gasteiger partial charge in [0, 0.05) is 6.54 Å². The van der Waals surface area contributed by atoms with E-state index in [1.54, 1.807) is 7.11 Å². The average molecular weight is 251 g/mol. The molecular formula is C15H25NO2. The molecule has 0 saturated heterocycles. The van der Waals surface area contributed by atoms with E-state index in [2.05, 4.69) is 32.9 Å². The van der Waals surface area contributed by atoms with Crippen LogP contribution in [-0.2, 0) is 11.8 Å². The number of hydrogen-bond acceptors (Lipinski definition) is 3. The zero-order valence-electron chi connectivity index (χ0n) is 12.2. The minimum atomic E-state index is 0.0736. The molecule has 0 bridgehead atoms. The summed E-state index contributed by atoms with van der Waals surface area (Å²) >= 11 is 0. The number of nitrogens with zero attached hydrogens (tertiary/aromatic N) is 1. The van der Waals surface area contributed by atoms with Gasteiger partial charge in [0.25, 0.3) is 0 Å². The van der Waals surface area contributed by atoms with Crippen LogP contribution in [0.15, 0.2) is 18.2 Å².